The van der Waals surface area contributed by atoms with Crippen LogP contribution in [-0.2, 0) is 16.6 Å². The average molecular weight is 289 g/mol. The van der Waals surface area contributed by atoms with Crippen LogP contribution in [0.15, 0.2) is 30.5 Å². The van der Waals surface area contributed by atoms with Crippen molar-refractivity contribution >= 4 is 11.7 Å². The minimum atomic E-state index is -0.639. The van der Waals surface area contributed by atoms with Crippen molar-refractivity contribution in [3.8, 4) is 5.75 Å². The maximum Gasteiger partial charge on any atom is 0.333 e. The molecule has 0 aliphatic carbocycles. The Morgan fingerprint density at radius 3 is 2.62 bits per heavy atom. The summed E-state index contributed by atoms with van der Waals surface area (Å²) in [6.07, 6.45) is 1.67. The molecular weight excluding hydrogens is 270 g/mol. The Morgan fingerprint density at radius 1 is 1.33 bits per heavy atom. The first-order valence-electron chi connectivity index (χ1n) is 6.54. The van der Waals surface area contributed by atoms with Gasteiger partial charge in [-0.1, -0.05) is 12.1 Å². The van der Waals surface area contributed by atoms with E-state index in [1.165, 1.54) is 7.11 Å². The lowest BCUT2D eigenvalue weighted by Crippen LogP contribution is -2.23. The molecule has 0 spiro atoms. The minimum Gasteiger partial charge on any atom is -0.495 e. The molecule has 0 aliphatic heterocycles. The van der Waals surface area contributed by atoms with Crippen LogP contribution >= 0.6 is 0 Å². The van der Waals surface area contributed by atoms with E-state index in [0.29, 0.717) is 5.75 Å². The van der Waals surface area contributed by atoms with Gasteiger partial charge in [-0.15, -0.1) is 0 Å². The lowest BCUT2D eigenvalue weighted by molar-refractivity contribution is -0.141. The van der Waals surface area contributed by atoms with Crippen LogP contribution in [0.1, 0.15) is 17.3 Å². The molecule has 1 atom stereocenters. The molecule has 2 rings (SSSR count). The molecule has 0 bridgehead atoms. The Labute approximate surface area is 123 Å². The predicted molar refractivity (Wildman–Crippen MR) is 79.3 cm³/mol. The molecule has 112 valence electrons. The maximum absolute atomic E-state index is 12.1. The lowest BCUT2D eigenvalue weighted by Gasteiger charge is -2.19. The number of hydrogen-bond donors (Lipinski definition) is 1. The van der Waals surface area contributed by atoms with Crippen LogP contribution in [0.3, 0.4) is 0 Å². The van der Waals surface area contributed by atoms with Crippen LogP contribution in [0.5, 0.6) is 5.75 Å². The Hall–Kier alpha value is -2.50. The van der Waals surface area contributed by atoms with Gasteiger partial charge in [-0.2, -0.15) is 5.10 Å². The quantitative estimate of drug-likeness (QED) is 0.854. The van der Waals surface area contributed by atoms with Gasteiger partial charge in [0.05, 0.1) is 26.1 Å². The summed E-state index contributed by atoms with van der Waals surface area (Å²) in [5.74, 6) is 0.282. The van der Waals surface area contributed by atoms with Crippen LogP contribution in [-0.4, -0.2) is 30.0 Å². The first-order valence-corrected chi connectivity index (χ1v) is 6.54. The predicted octanol–water partition coefficient (Wildman–Crippen LogP) is 2.06. The molecule has 0 saturated carbocycles. The summed E-state index contributed by atoms with van der Waals surface area (Å²) in [4.78, 5) is 12.1. The van der Waals surface area contributed by atoms with Crippen LogP contribution in [0.25, 0.3) is 0 Å². The summed E-state index contributed by atoms with van der Waals surface area (Å²) >= 11 is 0. The average Bonchev–Trinajstić information content (AvgIpc) is 2.84. The number of methoxy groups -OCH3 is 2. The Morgan fingerprint density at radius 2 is 2.05 bits per heavy atom. The molecule has 0 saturated heterocycles. The van der Waals surface area contributed by atoms with Crippen molar-refractivity contribution in [3.63, 3.8) is 0 Å². The number of rotatable bonds is 5. The largest absolute Gasteiger partial charge is 0.495 e. The Bertz CT molecular complexity index is 637. The third-order valence-corrected chi connectivity index (χ3v) is 3.43. The van der Waals surface area contributed by atoms with Gasteiger partial charge in [-0.05, 0) is 19.1 Å². The fourth-order valence-electron chi connectivity index (χ4n) is 2.10. The number of nitrogens with one attached hydrogen (secondary N) is 1. The summed E-state index contributed by atoms with van der Waals surface area (Å²) in [7, 11) is 4.78. The molecule has 6 nitrogen and oxygen atoms in total. The topological polar surface area (TPSA) is 65.4 Å². The molecule has 0 amide bonds. The highest BCUT2D eigenvalue weighted by molar-refractivity contribution is 5.82. The van der Waals surface area contributed by atoms with E-state index in [1.54, 1.807) is 18.0 Å². The fraction of sp³-hybridized carbons (Fsp3) is 0.333. The van der Waals surface area contributed by atoms with Crippen molar-refractivity contribution in [1.29, 1.82) is 0 Å². The number of aryl methyl sites for hydroxylation is 1. The normalized spacial score (nSPS) is 11.8. The maximum atomic E-state index is 12.1. The van der Waals surface area contributed by atoms with Crippen LogP contribution in [0.2, 0.25) is 0 Å². The molecule has 1 aromatic carbocycles. The Balaban J connectivity index is 2.38. The fourth-order valence-corrected chi connectivity index (χ4v) is 2.10. The Kier molecular flexibility index (Phi) is 4.47. The van der Waals surface area contributed by atoms with E-state index in [2.05, 4.69) is 10.4 Å². The summed E-state index contributed by atoms with van der Waals surface area (Å²) in [6, 6.07) is 6.77. The van der Waals surface area contributed by atoms with E-state index in [-0.39, 0.29) is 5.97 Å². The van der Waals surface area contributed by atoms with Gasteiger partial charge < -0.3 is 14.8 Å². The monoisotopic (exact) mass is 289 g/mol. The van der Waals surface area contributed by atoms with E-state index in [9.17, 15) is 4.79 Å². The summed E-state index contributed by atoms with van der Waals surface area (Å²) < 4.78 is 11.9. The number of nitrogens with zero attached hydrogens (tertiary/aromatic N) is 2. The first kappa shape index (κ1) is 14.9. The standard InChI is InChI=1S/C15H19N3O3/c1-10-11(9-16-18(10)2)14(15(19)21-4)17-12-7-5-6-8-13(12)20-3/h5-9,14,17H,1-4H3. The first-order chi connectivity index (χ1) is 10.1. The minimum absolute atomic E-state index is 0.378. The van der Waals surface area contributed by atoms with Crippen LogP contribution in [0, 0.1) is 6.92 Å². The van der Waals surface area contributed by atoms with Gasteiger partial charge in [0, 0.05) is 18.3 Å². The highest BCUT2D eigenvalue weighted by Crippen LogP contribution is 2.29. The SMILES string of the molecule is COC(=O)C(Nc1ccccc1OC)c1cnn(C)c1C. The number of ether oxygens (including phenoxy) is 2. The number of aromatic nitrogens is 2. The van der Waals surface area contributed by atoms with Crippen molar-refractivity contribution in [2.45, 2.75) is 13.0 Å². The molecule has 1 N–H and O–H groups in total. The van der Waals surface area contributed by atoms with Gasteiger partial charge in [0.15, 0.2) is 6.04 Å². The van der Waals surface area contributed by atoms with E-state index >= 15 is 0 Å². The molecule has 0 radical (unpaired) electrons. The van der Waals surface area contributed by atoms with Crippen LogP contribution < -0.4 is 10.1 Å². The zero-order valence-electron chi connectivity index (χ0n) is 12.6. The summed E-state index contributed by atoms with van der Waals surface area (Å²) in [5.41, 5.74) is 2.39. The molecule has 0 aliphatic rings. The molecule has 0 fully saturated rings. The second-order valence-corrected chi connectivity index (χ2v) is 4.61. The van der Waals surface area contributed by atoms with Crippen molar-refractivity contribution < 1.29 is 14.3 Å². The summed E-state index contributed by atoms with van der Waals surface area (Å²) in [6.45, 7) is 1.90. The van der Waals surface area contributed by atoms with Crippen molar-refractivity contribution in [1.82, 2.24) is 9.78 Å². The highest BCUT2D eigenvalue weighted by Gasteiger charge is 2.26. The number of carbonyl (C=O) groups is 1. The smallest absolute Gasteiger partial charge is 0.333 e. The van der Waals surface area contributed by atoms with E-state index < -0.39 is 6.04 Å². The van der Waals surface area contributed by atoms with E-state index in [4.69, 9.17) is 9.47 Å². The number of hydrogen-bond acceptors (Lipinski definition) is 5. The highest BCUT2D eigenvalue weighted by atomic mass is 16.5. The number of benzene rings is 1. The second-order valence-electron chi connectivity index (χ2n) is 4.61. The van der Waals surface area contributed by atoms with Gasteiger partial charge in [0.2, 0.25) is 0 Å². The lowest BCUT2D eigenvalue weighted by atomic mass is 10.1. The van der Waals surface area contributed by atoms with Crippen molar-refractivity contribution in [2.75, 3.05) is 19.5 Å². The van der Waals surface area contributed by atoms with Gasteiger partial charge in [-0.25, -0.2) is 4.79 Å². The molecule has 21 heavy (non-hydrogen) atoms. The summed E-state index contributed by atoms with van der Waals surface area (Å²) in [5, 5.41) is 7.34. The number of esters is 1. The molecule has 2 aromatic rings. The molecule has 6 heteroatoms. The molecule has 1 unspecified atom stereocenters. The van der Waals surface area contributed by atoms with Crippen molar-refractivity contribution in [2.24, 2.45) is 7.05 Å². The van der Waals surface area contributed by atoms with Crippen molar-refractivity contribution in [3.05, 3.63) is 41.7 Å². The van der Waals surface area contributed by atoms with E-state index in [0.717, 1.165) is 16.9 Å². The third kappa shape index (κ3) is 2.99. The second kappa shape index (κ2) is 6.30. The number of anilines is 1. The number of carbonyl (C=O) groups excluding carboxylic acids is 1. The van der Waals surface area contributed by atoms with Gasteiger partial charge in [0.25, 0.3) is 0 Å². The zero-order chi connectivity index (χ0) is 15.4. The molecule has 1 heterocycles. The number of para-hydroxylation sites is 2. The van der Waals surface area contributed by atoms with E-state index in [1.807, 2.05) is 38.2 Å². The van der Waals surface area contributed by atoms with Gasteiger partial charge >= 0.3 is 5.97 Å². The van der Waals surface area contributed by atoms with Crippen LogP contribution in [0.4, 0.5) is 5.69 Å². The van der Waals surface area contributed by atoms with Gasteiger partial charge in [-0.3, -0.25) is 4.68 Å². The third-order valence-electron chi connectivity index (χ3n) is 3.43. The molecular formula is C15H19N3O3. The zero-order valence-corrected chi connectivity index (χ0v) is 12.6. The van der Waals surface area contributed by atoms with Gasteiger partial charge in [0.1, 0.15) is 5.75 Å². The molecule has 1 aromatic heterocycles.